The minimum Gasteiger partial charge on any atom is -0.265 e. The molecule has 0 radical (unpaired) electrons. The first kappa shape index (κ1) is 26.2. The number of hydrogen-bond donors (Lipinski definition) is 0. The predicted molar refractivity (Wildman–Crippen MR) is 189 cm³/mol. The molecule has 0 aliphatic heterocycles. The molecule has 0 bridgehead atoms. The summed E-state index contributed by atoms with van der Waals surface area (Å²) < 4.78 is 0. The molecule has 4 heteroatoms. The Labute approximate surface area is 266 Å². The van der Waals surface area contributed by atoms with Gasteiger partial charge in [-0.25, -0.2) is 15.0 Å². The topological polar surface area (TPSA) is 51.6 Å². The van der Waals surface area contributed by atoms with Crippen molar-refractivity contribution in [3.63, 3.8) is 0 Å². The van der Waals surface area contributed by atoms with Crippen molar-refractivity contribution in [2.24, 2.45) is 0 Å². The Morgan fingerprint density at radius 1 is 0.326 bits per heavy atom. The summed E-state index contributed by atoms with van der Waals surface area (Å²) in [5.74, 6) is 1.92. The predicted octanol–water partition coefficient (Wildman–Crippen LogP) is 10.5. The van der Waals surface area contributed by atoms with Crippen LogP contribution in [0.2, 0.25) is 0 Å². The standard InChI is InChI=1S/C42H26N4/c1-2-6-32(7-3-1)40-44-41(46-42(45-40)35-11-5-10-34(26-35)27-22-24-43-25-23-27)33-16-12-28(13-17-33)36-20-18-31-15-14-29-8-4-9-30-19-21-37(36)39(31)38(29)30/h1-26H. The molecular formula is C42H26N4. The number of hydrogen-bond acceptors (Lipinski definition) is 4. The largest absolute Gasteiger partial charge is 0.265 e. The molecule has 0 aliphatic carbocycles. The molecule has 46 heavy (non-hydrogen) atoms. The first-order chi connectivity index (χ1) is 22.8. The molecule has 0 saturated carbocycles. The van der Waals surface area contributed by atoms with E-state index in [0.717, 1.165) is 33.4 Å². The van der Waals surface area contributed by atoms with E-state index in [4.69, 9.17) is 15.0 Å². The van der Waals surface area contributed by atoms with Crippen LogP contribution in [0.25, 0.3) is 88.7 Å². The van der Waals surface area contributed by atoms with Gasteiger partial charge in [-0.15, -0.1) is 0 Å². The molecule has 9 rings (SSSR count). The highest BCUT2D eigenvalue weighted by Crippen LogP contribution is 2.39. The van der Waals surface area contributed by atoms with Gasteiger partial charge in [0, 0.05) is 29.1 Å². The third-order valence-electron chi connectivity index (χ3n) is 8.78. The molecular weight excluding hydrogens is 560 g/mol. The zero-order valence-corrected chi connectivity index (χ0v) is 24.8. The third-order valence-corrected chi connectivity index (χ3v) is 8.78. The summed E-state index contributed by atoms with van der Waals surface area (Å²) in [6.07, 6.45) is 3.62. The van der Waals surface area contributed by atoms with Gasteiger partial charge in [-0.1, -0.05) is 127 Å². The zero-order valence-electron chi connectivity index (χ0n) is 24.8. The monoisotopic (exact) mass is 586 g/mol. The average Bonchev–Trinajstić information content (AvgIpc) is 3.14. The maximum absolute atomic E-state index is 5.01. The van der Waals surface area contributed by atoms with E-state index in [2.05, 4.69) is 102 Å². The number of benzene rings is 7. The lowest BCUT2D eigenvalue weighted by molar-refractivity contribution is 1.07. The van der Waals surface area contributed by atoms with Crippen LogP contribution in [-0.2, 0) is 0 Å². The van der Waals surface area contributed by atoms with E-state index in [1.54, 1.807) is 0 Å². The van der Waals surface area contributed by atoms with Crippen molar-refractivity contribution >= 4 is 32.3 Å². The number of nitrogens with zero attached hydrogens (tertiary/aromatic N) is 4. The van der Waals surface area contributed by atoms with Crippen LogP contribution in [0.5, 0.6) is 0 Å². The smallest absolute Gasteiger partial charge is 0.164 e. The van der Waals surface area contributed by atoms with Crippen LogP contribution in [-0.4, -0.2) is 19.9 Å². The van der Waals surface area contributed by atoms with Crippen molar-refractivity contribution in [2.45, 2.75) is 0 Å². The second-order valence-electron chi connectivity index (χ2n) is 11.5. The fourth-order valence-corrected chi connectivity index (χ4v) is 6.52. The molecule has 214 valence electrons. The normalized spacial score (nSPS) is 11.5. The molecule has 2 heterocycles. The lowest BCUT2D eigenvalue weighted by atomic mass is 9.90. The molecule has 9 aromatic rings. The van der Waals surface area contributed by atoms with Crippen molar-refractivity contribution < 1.29 is 0 Å². The molecule has 0 unspecified atom stereocenters. The molecule has 0 amide bonds. The fraction of sp³-hybridized carbons (Fsp3) is 0. The molecule has 0 atom stereocenters. The van der Waals surface area contributed by atoms with E-state index in [1.165, 1.54) is 37.9 Å². The van der Waals surface area contributed by atoms with Gasteiger partial charge in [0.1, 0.15) is 0 Å². The Kier molecular flexibility index (Phi) is 6.10. The Hall–Kier alpha value is -6.26. The van der Waals surface area contributed by atoms with Gasteiger partial charge in [0.2, 0.25) is 0 Å². The van der Waals surface area contributed by atoms with E-state index in [0.29, 0.717) is 17.5 Å². The quantitative estimate of drug-likeness (QED) is 0.188. The molecule has 0 spiro atoms. The Bertz CT molecular complexity index is 2490. The van der Waals surface area contributed by atoms with Crippen molar-refractivity contribution in [1.29, 1.82) is 0 Å². The van der Waals surface area contributed by atoms with E-state index in [9.17, 15) is 0 Å². The molecule has 7 aromatic carbocycles. The first-order valence-corrected chi connectivity index (χ1v) is 15.4. The van der Waals surface area contributed by atoms with Gasteiger partial charge >= 0.3 is 0 Å². The summed E-state index contributed by atoms with van der Waals surface area (Å²) in [6, 6.07) is 51.0. The molecule has 0 aliphatic rings. The van der Waals surface area contributed by atoms with Gasteiger partial charge < -0.3 is 0 Å². The minimum atomic E-state index is 0.635. The van der Waals surface area contributed by atoms with Crippen LogP contribution in [0.15, 0.2) is 158 Å². The van der Waals surface area contributed by atoms with Crippen LogP contribution in [0.3, 0.4) is 0 Å². The second kappa shape index (κ2) is 10.7. The fourth-order valence-electron chi connectivity index (χ4n) is 6.52. The van der Waals surface area contributed by atoms with Crippen molar-refractivity contribution in [3.05, 3.63) is 158 Å². The first-order valence-electron chi connectivity index (χ1n) is 15.4. The van der Waals surface area contributed by atoms with Crippen LogP contribution in [0.4, 0.5) is 0 Å². The van der Waals surface area contributed by atoms with Gasteiger partial charge in [-0.05, 0) is 72.8 Å². The Balaban J connectivity index is 1.15. The summed E-state index contributed by atoms with van der Waals surface area (Å²) in [7, 11) is 0. The van der Waals surface area contributed by atoms with Crippen molar-refractivity contribution in [1.82, 2.24) is 19.9 Å². The van der Waals surface area contributed by atoms with Crippen LogP contribution >= 0.6 is 0 Å². The van der Waals surface area contributed by atoms with E-state index < -0.39 is 0 Å². The lowest BCUT2D eigenvalue weighted by Crippen LogP contribution is -2.00. The van der Waals surface area contributed by atoms with Crippen LogP contribution in [0.1, 0.15) is 0 Å². The van der Waals surface area contributed by atoms with Gasteiger partial charge in [-0.2, -0.15) is 0 Å². The molecule has 4 nitrogen and oxygen atoms in total. The Morgan fingerprint density at radius 2 is 0.870 bits per heavy atom. The second-order valence-corrected chi connectivity index (χ2v) is 11.5. The van der Waals surface area contributed by atoms with E-state index in [1.807, 2.05) is 60.9 Å². The van der Waals surface area contributed by atoms with Crippen LogP contribution in [0, 0.1) is 0 Å². The van der Waals surface area contributed by atoms with Gasteiger partial charge in [0.15, 0.2) is 17.5 Å². The van der Waals surface area contributed by atoms with E-state index >= 15 is 0 Å². The maximum atomic E-state index is 5.01. The maximum Gasteiger partial charge on any atom is 0.164 e. The van der Waals surface area contributed by atoms with Crippen molar-refractivity contribution in [3.8, 4) is 56.4 Å². The van der Waals surface area contributed by atoms with Gasteiger partial charge in [-0.3, -0.25) is 4.98 Å². The Morgan fingerprint density at radius 3 is 1.61 bits per heavy atom. The highest BCUT2D eigenvalue weighted by molar-refractivity contribution is 6.25. The highest BCUT2D eigenvalue weighted by atomic mass is 15.0. The zero-order chi connectivity index (χ0) is 30.5. The summed E-state index contributed by atoms with van der Waals surface area (Å²) in [6.45, 7) is 0. The average molecular weight is 587 g/mol. The molecule has 0 saturated heterocycles. The number of pyridine rings is 1. The summed E-state index contributed by atoms with van der Waals surface area (Å²) in [4.78, 5) is 19.1. The van der Waals surface area contributed by atoms with Crippen molar-refractivity contribution in [2.75, 3.05) is 0 Å². The highest BCUT2D eigenvalue weighted by Gasteiger charge is 2.15. The number of aromatic nitrogens is 4. The summed E-state index contributed by atoms with van der Waals surface area (Å²) >= 11 is 0. The third kappa shape index (κ3) is 4.47. The SMILES string of the molecule is c1ccc(-c2nc(-c3ccc(-c4ccc5ccc6cccc7ccc4c5c67)cc3)nc(-c3cccc(-c4ccncc4)c3)n2)cc1. The van der Waals surface area contributed by atoms with Gasteiger partial charge in [0.05, 0.1) is 0 Å². The lowest BCUT2D eigenvalue weighted by Gasteiger charge is -2.14. The summed E-state index contributed by atoms with van der Waals surface area (Å²) in [5.41, 5.74) is 7.37. The summed E-state index contributed by atoms with van der Waals surface area (Å²) in [5, 5.41) is 7.72. The van der Waals surface area contributed by atoms with E-state index in [-0.39, 0.29) is 0 Å². The number of rotatable bonds is 5. The minimum absolute atomic E-state index is 0.635. The van der Waals surface area contributed by atoms with Crippen LogP contribution < -0.4 is 0 Å². The molecule has 0 N–H and O–H groups in total. The molecule has 0 fully saturated rings. The molecule has 2 aromatic heterocycles. The van der Waals surface area contributed by atoms with Gasteiger partial charge in [0.25, 0.3) is 0 Å².